The fraction of sp³-hybridized carbons (Fsp3) is 0.300. The van der Waals surface area contributed by atoms with E-state index in [-0.39, 0.29) is 5.97 Å². The lowest BCUT2D eigenvalue weighted by Crippen LogP contribution is -2.20. The van der Waals surface area contributed by atoms with E-state index < -0.39 is 0 Å². The van der Waals surface area contributed by atoms with Gasteiger partial charge in [-0.3, -0.25) is 0 Å². The minimum Gasteiger partial charge on any atom is -0.465 e. The van der Waals surface area contributed by atoms with Gasteiger partial charge in [-0.2, -0.15) is 0 Å². The molecule has 0 aliphatic heterocycles. The Morgan fingerprint density at radius 2 is 2.00 bits per heavy atom. The highest BCUT2D eigenvalue weighted by molar-refractivity contribution is 6.37. The largest absolute Gasteiger partial charge is 0.465 e. The summed E-state index contributed by atoms with van der Waals surface area (Å²) < 4.78 is 4.70. The fourth-order valence-corrected chi connectivity index (χ4v) is 2.05. The highest BCUT2D eigenvalue weighted by atomic mass is 28.1. The van der Waals surface area contributed by atoms with Crippen molar-refractivity contribution in [3.63, 3.8) is 0 Å². The molecule has 0 aromatic heterocycles. The van der Waals surface area contributed by atoms with Gasteiger partial charge in [0, 0.05) is 10.2 Å². The maximum Gasteiger partial charge on any atom is 0.337 e. The molecule has 0 atom stereocenters. The first-order valence-electron chi connectivity index (χ1n) is 4.23. The number of ether oxygens (including phenoxy) is 1. The summed E-state index contributed by atoms with van der Waals surface area (Å²) in [6, 6.07) is 3.81. The Morgan fingerprint density at radius 1 is 1.38 bits per heavy atom. The van der Waals surface area contributed by atoms with Crippen LogP contribution in [0.15, 0.2) is 12.1 Å². The van der Waals surface area contributed by atoms with Crippen LogP contribution in [0.4, 0.5) is 0 Å². The fourth-order valence-electron chi connectivity index (χ4n) is 1.29. The Balaban J connectivity index is 3.26. The van der Waals surface area contributed by atoms with E-state index in [1.165, 1.54) is 18.2 Å². The smallest absolute Gasteiger partial charge is 0.337 e. The molecule has 0 radical (unpaired) electrons. The van der Waals surface area contributed by atoms with E-state index in [0.717, 1.165) is 21.0 Å². The van der Waals surface area contributed by atoms with Gasteiger partial charge in [-0.1, -0.05) is 11.3 Å². The number of hydrogen-bond donors (Lipinski definition) is 0. The second kappa shape index (κ2) is 3.74. The van der Waals surface area contributed by atoms with Crippen molar-refractivity contribution in [2.75, 3.05) is 7.11 Å². The molecule has 1 aromatic carbocycles. The van der Waals surface area contributed by atoms with Gasteiger partial charge in [0.25, 0.3) is 0 Å². The molecule has 0 amide bonds. The number of rotatable bonds is 1. The number of carbonyl (C=O) groups is 1. The molecular formula is C10H14O2Si. The maximum absolute atomic E-state index is 11.3. The van der Waals surface area contributed by atoms with E-state index >= 15 is 0 Å². The quantitative estimate of drug-likeness (QED) is 0.467. The Bertz CT molecular complexity index is 345. The molecule has 0 heterocycles. The molecular weight excluding hydrogens is 180 g/mol. The van der Waals surface area contributed by atoms with Crippen LogP contribution >= 0.6 is 0 Å². The molecule has 0 N–H and O–H groups in total. The van der Waals surface area contributed by atoms with E-state index in [0.29, 0.717) is 0 Å². The normalized spacial score (nSPS) is 10.1. The lowest BCUT2D eigenvalue weighted by molar-refractivity contribution is 0.0602. The van der Waals surface area contributed by atoms with Gasteiger partial charge in [-0.25, -0.2) is 4.79 Å². The zero-order valence-electron chi connectivity index (χ0n) is 8.47. The summed E-state index contributed by atoms with van der Waals surface area (Å²) in [7, 11) is 2.29. The van der Waals surface area contributed by atoms with Crippen LogP contribution in [0.5, 0.6) is 0 Å². The molecule has 0 bridgehead atoms. The summed E-state index contributed by atoms with van der Waals surface area (Å²) in [4.78, 5) is 11.3. The molecule has 0 saturated carbocycles. The molecule has 1 aromatic rings. The average Bonchev–Trinajstić information content (AvgIpc) is 2.13. The summed E-state index contributed by atoms with van der Waals surface area (Å²) >= 11 is 0. The van der Waals surface area contributed by atoms with E-state index in [1.807, 2.05) is 19.1 Å². The van der Waals surface area contributed by atoms with Crippen LogP contribution in [0.3, 0.4) is 0 Å². The van der Waals surface area contributed by atoms with Gasteiger partial charge < -0.3 is 4.74 Å². The van der Waals surface area contributed by atoms with E-state index in [9.17, 15) is 4.79 Å². The van der Waals surface area contributed by atoms with Gasteiger partial charge in [-0.05, 0) is 31.0 Å². The highest BCUT2D eigenvalue weighted by Gasteiger charge is 2.10. The van der Waals surface area contributed by atoms with Crippen LogP contribution in [0.25, 0.3) is 0 Å². The lowest BCUT2D eigenvalue weighted by Gasteiger charge is -2.08. The summed E-state index contributed by atoms with van der Waals surface area (Å²) in [5.41, 5.74) is 3.17. The Kier molecular flexibility index (Phi) is 2.88. The van der Waals surface area contributed by atoms with Crippen molar-refractivity contribution in [1.82, 2.24) is 0 Å². The minimum absolute atomic E-state index is 0.229. The first-order chi connectivity index (χ1) is 6.07. The number of carbonyl (C=O) groups excluding carboxylic acids is 1. The predicted molar refractivity (Wildman–Crippen MR) is 56.8 cm³/mol. The first-order valence-corrected chi connectivity index (χ1v) is 5.23. The second-order valence-electron chi connectivity index (χ2n) is 3.17. The van der Waals surface area contributed by atoms with Crippen molar-refractivity contribution >= 4 is 21.4 Å². The van der Waals surface area contributed by atoms with Gasteiger partial charge in [-0.15, -0.1) is 0 Å². The van der Waals surface area contributed by atoms with Crippen molar-refractivity contribution in [3.05, 3.63) is 28.8 Å². The van der Waals surface area contributed by atoms with Gasteiger partial charge in [0.2, 0.25) is 0 Å². The topological polar surface area (TPSA) is 26.3 Å². The van der Waals surface area contributed by atoms with Crippen LogP contribution in [0.2, 0.25) is 0 Å². The first kappa shape index (κ1) is 9.99. The lowest BCUT2D eigenvalue weighted by atomic mass is 10.1. The molecule has 0 saturated heterocycles. The van der Waals surface area contributed by atoms with Crippen LogP contribution in [0.1, 0.15) is 21.5 Å². The third-order valence-electron chi connectivity index (χ3n) is 2.46. The van der Waals surface area contributed by atoms with Crippen molar-refractivity contribution in [2.45, 2.75) is 13.8 Å². The van der Waals surface area contributed by atoms with E-state index in [2.05, 4.69) is 6.92 Å². The standard InChI is InChI=1S/C10H14O2Si/c1-6-4-5-8(10(11)12-3)9(13)7(6)2/h4-5H,1-3,13H3. The van der Waals surface area contributed by atoms with Gasteiger partial charge >= 0.3 is 5.97 Å². The van der Waals surface area contributed by atoms with Crippen molar-refractivity contribution in [1.29, 1.82) is 0 Å². The predicted octanol–water partition coefficient (Wildman–Crippen LogP) is 0.0807. The summed E-state index contributed by atoms with van der Waals surface area (Å²) in [5, 5.41) is 1.15. The Labute approximate surface area is 81.3 Å². The molecule has 1 rings (SSSR count). The average molecular weight is 194 g/mol. The van der Waals surface area contributed by atoms with Crippen LogP contribution in [-0.4, -0.2) is 23.3 Å². The number of hydrogen-bond acceptors (Lipinski definition) is 2. The Hall–Kier alpha value is -1.09. The van der Waals surface area contributed by atoms with Gasteiger partial charge in [0.05, 0.1) is 12.7 Å². The maximum atomic E-state index is 11.3. The van der Waals surface area contributed by atoms with E-state index in [1.54, 1.807) is 0 Å². The molecule has 2 nitrogen and oxygen atoms in total. The molecule has 0 spiro atoms. The molecule has 70 valence electrons. The monoisotopic (exact) mass is 194 g/mol. The summed E-state index contributed by atoms with van der Waals surface area (Å²) in [6.45, 7) is 4.10. The zero-order chi connectivity index (χ0) is 10.0. The molecule has 3 heteroatoms. The van der Waals surface area contributed by atoms with Crippen molar-refractivity contribution in [2.24, 2.45) is 0 Å². The van der Waals surface area contributed by atoms with Crippen molar-refractivity contribution in [3.8, 4) is 0 Å². The molecule has 0 unspecified atom stereocenters. The van der Waals surface area contributed by atoms with Crippen LogP contribution < -0.4 is 5.19 Å². The number of esters is 1. The SMILES string of the molecule is COC(=O)c1ccc(C)c(C)c1[SiH3]. The van der Waals surface area contributed by atoms with E-state index in [4.69, 9.17) is 4.74 Å². The summed E-state index contributed by atoms with van der Waals surface area (Å²) in [5.74, 6) is -0.229. The van der Waals surface area contributed by atoms with Gasteiger partial charge in [0.15, 0.2) is 0 Å². The molecule has 13 heavy (non-hydrogen) atoms. The number of aryl methyl sites for hydroxylation is 1. The van der Waals surface area contributed by atoms with Gasteiger partial charge in [0.1, 0.15) is 0 Å². The second-order valence-corrected chi connectivity index (χ2v) is 4.17. The molecule has 0 fully saturated rings. The highest BCUT2D eigenvalue weighted by Crippen LogP contribution is 2.07. The Morgan fingerprint density at radius 3 is 2.54 bits per heavy atom. The zero-order valence-corrected chi connectivity index (χ0v) is 10.5. The molecule has 0 aliphatic rings. The number of methoxy groups -OCH3 is 1. The third kappa shape index (κ3) is 1.80. The molecule has 0 aliphatic carbocycles. The van der Waals surface area contributed by atoms with Crippen molar-refractivity contribution < 1.29 is 9.53 Å². The minimum atomic E-state index is -0.229. The third-order valence-corrected chi connectivity index (χ3v) is 3.75. The van der Waals surface area contributed by atoms with Crippen LogP contribution in [-0.2, 0) is 4.74 Å². The van der Waals surface area contributed by atoms with Crippen LogP contribution in [0, 0.1) is 13.8 Å². The number of benzene rings is 1. The summed E-state index contributed by atoms with van der Waals surface area (Å²) in [6.07, 6.45) is 0.